The van der Waals surface area contributed by atoms with E-state index in [4.69, 9.17) is 9.47 Å². The number of Topliss-reactive ketones (excluding diaryl/α,β-unsaturated/α-hetero) is 1. The first kappa shape index (κ1) is 24.7. The van der Waals surface area contributed by atoms with Gasteiger partial charge >= 0.3 is 5.97 Å². The van der Waals surface area contributed by atoms with Crippen LogP contribution in [0.4, 0.5) is 0 Å². The van der Waals surface area contributed by atoms with Gasteiger partial charge in [0, 0.05) is 35.7 Å². The van der Waals surface area contributed by atoms with Gasteiger partial charge in [-0.25, -0.2) is 13.2 Å². The number of hydrogen-bond donors (Lipinski definition) is 0. The molecule has 1 saturated heterocycles. The lowest BCUT2D eigenvalue weighted by Gasteiger charge is -2.15. The number of carbonyl (C=O) groups excluding carboxylic acids is 2. The zero-order valence-electron chi connectivity index (χ0n) is 20.0. The molecule has 1 aliphatic rings. The fourth-order valence-electron chi connectivity index (χ4n) is 4.33. The molecule has 0 atom stereocenters. The van der Waals surface area contributed by atoms with Gasteiger partial charge in [0.2, 0.25) is 15.8 Å². The monoisotopic (exact) mass is 496 g/mol. The van der Waals surface area contributed by atoms with Crippen LogP contribution >= 0.6 is 0 Å². The third-order valence-electron chi connectivity index (χ3n) is 6.17. The first-order valence-corrected chi connectivity index (χ1v) is 12.8. The first-order valence-electron chi connectivity index (χ1n) is 11.4. The van der Waals surface area contributed by atoms with Crippen molar-refractivity contribution in [1.82, 2.24) is 8.87 Å². The molecule has 0 saturated carbocycles. The van der Waals surface area contributed by atoms with Crippen molar-refractivity contribution in [1.29, 1.82) is 0 Å². The summed E-state index contributed by atoms with van der Waals surface area (Å²) in [6, 6.07) is 15.0. The van der Waals surface area contributed by atoms with Crippen molar-refractivity contribution >= 4 is 21.8 Å². The van der Waals surface area contributed by atoms with Crippen molar-refractivity contribution < 1.29 is 27.5 Å². The van der Waals surface area contributed by atoms with Gasteiger partial charge in [-0.1, -0.05) is 6.07 Å². The number of aryl methyl sites for hydroxylation is 1. The van der Waals surface area contributed by atoms with E-state index in [9.17, 15) is 18.0 Å². The van der Waals surface area contributed by atoms with Crippen molar-refractivity contribution in [2.24, 2.45) is 0 Å². The summed E-state index contributed by atoms with van der Waals surface area (Å²) in [5.74, 6) is -0.357. The Morgan fingerprint density at radius 1 is 0.971 bits per heavy atom. The molecule has 1 aliphatic heterocycles. The molecule has 0 spiro atoms. The van der Waals surface area contributed by atoms with Gasteiger partial charge in [-0.15, -0.1) is 0 Å². The van der Waals surface area contributed by atoms with Crippen LogP contribution < -0.4 is 4.74 Å². The Kier molecular flexibility index (Phi) is 7.09. The lowest BCUT2D eigenvalue weighted by atomic mass is 10.1. The molecular weight excluding hydrogens is 468 g/mol. The molecule has 0 amide bonds. The number of ketones is 1. The first-order chi connectivity index (χ1) is 16.7. The predicted molar refractivity (Wildman–Crippen MR) is 131 cm³/mol. The predicted octanol–water partition coefficient (Wildman–Crippen LogP) is 3.93. The second-order valence-corrected chi connectivity index (χ2v) is 10.4. The summed E-state index contributed by atoms with van der Waals surface area (Å²) in [5.41, 5.74) is 3.01. The van der Waals surface area contributed by atoms with E-state index < -0.39 is 22.6 Å². The Hall–Kier alpha value is -3.43. The molecule has 0 bridgehead atoms. The van der Waals surface area contributed by atoms with Gasteiger partial charge in [0.25, 0.3) is 0 Å². The normalized spacial score (nSPS) is 14.1. The highest BCUT2D eigenvalue weighted by Gasteiger charge is 2.28. The molecule has 9 heteroatoms. The zero-order valence-corrected chi connectivity index (χ0v) is 20.8. The number of sulfonamides is 1. The van der Waals surface area contributed by atoms with Gasteiger partial charge in [-0.3, -0.25) is 4.79 Å². The van der Waals surface area contributed by atoms with E-state index in [-0.39, 0.29) is 16.2 Å². The minimum absolute atomic E-state index is 0.0446. The summed E-state index contributed by atoms with van der Waals surface area (Å²) in [6.45, 7) is 4.22. The van der Waals surface area contributed by atoms with Gasteiger partial charge in [0.1, 0.15) is 5.75 Å². The molecule has 4 rings (SSSR count). The van der Waals surface area contributed by atoms with Crippen LogP contribution in [0.1, 0.15) is 44.9 Å². The van der Waals surface area contributed by atoms with Gasteiger partial charge < -0.3 is 14.0 Å². The molecule has 8 nitrogen and oxygen atoms in total. The molecular formula is C26H28N2O6S. The second-order valence-electron chi connectivity index (χ2n) is 8.46. The van der Waals surface area contributed by atoms with Crippen LogP contribution in [0, 0.1) is 13.8 Å². The minimum Gasteiger partial charge on any atom is -0.497 e. The molecule has 0 radical (unpaired) electrons. The average Bonchev–Trinajstić information content (AvgIpc) is 3.51. The maximum Gasteiger partial charge on any atom is 0.338 e. The molecule has 2 aromatic carbocycles. The van der Waals surface area contributed by atoms with Crippen molar-refractivity contribution in [2.75, 3.05) is 26.8 Å². The van der Waals surface area contributed by atoms with Gasteiger partial charge in [-0.2, -0.15) is 4.31 Å². The Labute approximate surface area is 205 Å². The van der Waals surface area contributed by atoms with Crippen LogP contribution in [0.25, 0.3) is 5.69 Å². The van der Waals surface area contributed by atoms with Crippen molar-refractivity contribution in [3.63, 3.8) is 0 Å². The minimum atomic E-state index is -3.66. The van der Waals surface area contributed by atoms with Gasteiger partial charge in [0.15, 0.2) is 6.61 Å². The van der Waals surface area contributed by atoms with Crippen LogP contribution in [0.5, 0.6) is 5.75 Å². The number of carbonyl (C=O) groups is 2. The summed E-state index contributed by atoms with van der Waals surface area (Å²) in [6.07, 6.45) is 1.64. The summed E-state index contributed by atoms with van der Waals surface area (Å²) in [7, 11) is -2.06. The van der Waals surface area contributed by atoms with Crippen molar-refractivity contribution in [3.8, 4) is 11.4 Å². The topological polar surface area (TPSA) is 94.9 Å². The zero-order chi connectivity index (χ0) is 25.2. The maximum atomic E-state index is 12.9. The third kappa shape index (κ3) is 5.01. The number of rotatable bonds is 8. The standard InChI is InChI=1S/C26H28N2O6S/c1-18-15-24(19(2)28(18)21-9-11-22(33-3)12-10-21)25(29)17-34-26(30)20-7-6-8-23(16-20)35(31,32)27-13-4-5-14-27/h6-12,15-16H,4-5,13-14,17H2,1-3H3. The quantitative estimate of drug-likeness (QED) is 0.347. The number of ether oxygens (including phenoxy) is 2. The summed E-state index contributed by atoms with van der Waals surface area (Å²) in [5, 5.41) is 0. The second kappa shape index (κ2) is 10.1. The van der Waals surface area contributed by atoms with E-state index >= 15 is 0 Å². The molecule has 184 valence electrons. The largest absolute Gasteiger partial charge is 0.497 e. The van der Waals surface area contributed by atoms with E-state index in [1.165, 1.54) is 28.6 Å². The van der Waals surface area contributed by atoms with E-state index in [0.717, 1.165) is 35.7 Å². The highest BCUT2D eigenvalue weighted by Crippen LogP contribution is 2.24. The number of methoxy groups -OCH3 is 1. The maximum absolute atomic E-state index is 12.9. The number of nitrogens with zero attached hydrogens (tertiary/aromatic N) is 2. The Balaban J connectivity index is 1.47. The van der Waals surface area contributed by atoms with Crippen LogP contribution in [-0.2, 0) is 14.8 Å². The Morgan fingerprint density at radius 2 is 1.66 bits per heavy atom. The SMILES string of the molecule is COc1ccc(-n2c(C)cc(C(=O)COC(=O)c3cccc(S(=O)(=O)N4CCCC4)c3)c2C)cc1. The fourth-order valence-corrected chi connectivity index (χ4v) is 5.89. The molecule has 35 heavy (non-hydrogen) atoms. The van der Waals surface area contributed by atoms with Crippen molar-refractivity contribution in [3.05, 3.63) is 77.1 Å². The van der Waals surface area contributed by atoms with E-state index in [1.807, 2.05) is 42.7 Å². The lowest BCUT2D eigenvalue weighted by molar-refractivity contribution is 0.0474. The number of aromatic nitrogens is 1. The Bertz CT molecular complexity index is 1350. The van der Waals surface area contributed by atoms with E-state index in [2.05, 4.69) is 0 Å². The van der Waals surface area contributed by atoms with Gasteiger partial charge in [-0.05, 0) is 75.2 Å². The molecule has 2 heterocycles. The fraction of sp³-hybridized carbons (Fsp3) is 0.308. The number of esters is 1. The summed E-state index contributed by atoms with van der Waals surface area (Å²) < 4.78 is 39.4. The summed E-state index contributed by atoms with van der Waals surface area (Å²) in [4.78, 5) is 25.6. The van der Waals surface area contributed by atoms with Crippen molar-refractivity contribution in [2.45, 2.75) is 31.6 Å². The van der Waals surface area contributed by atoms with E-state index in [1.54, 1.807) is 13.2 Å². The number of hydrogen-bond acceptors (Lipinski definition) is 6. The number of benzene rings is 2. The molecule has 0 unspecified atom stereocenters. The van der Waals surface area contributed by atoms with Crippen LogP contribution in [0.3, 0.4) is 0 Å². The molecule has 1 aromatic heterocycles. The van der Waals surface area contributed by atoms with Crippen LogP contribution in [0.15, 0.2) is 59.5 Å². The molecule has 0 N–H and O–H groups in total. The Morgan fingerprint density at radius 3 is 2.31 bits per heavy atom. The lowest BCUT2D eigenvalue weighted by Crippen LogP contribution is -2.28. The molecule has 1 fully saturated rings. The highest BCUT2D eigenvalue weighted by atomic mass is 32.2. The third-order valence-corrected chi connectivity index (χ3v) is 8.06. The van der Waals surface area contributed by atoms with Gasteiger partial charge in [0.05, 0.1) is 17.6 Å². The van der Waals surface area contributed by atoms with Crippen LogP contribution in [0.2, 0.25) is 0 Å². The molecule has 0 aliphatic carbocycles. The van der Waals surface area contributed by atoms with E-state index in [0.29, 0.717) is 18.7 Å². The smallest absolute Gasteiger partial charge is 0.338 e. The molecule has 3 aromatic rings. The highest BCUT2D eigenvalue weighted by molar-refractivity contribution is 7.89. The summed E-state index contributed by atoms with van der Waals surface area (Å²) >= 11 is 0. The van der Waals surface area contributed by atoms with Crippen LogP contribution in [-0.4, -0.2) is 55.8 Å². The average molecular weight is 497 g/mol.